The van der Waals surface area contributed by atoms with E-state index in [2.05, 4.69) is 9.17 Å². The zero-order chi connectivity index (χ0) is 18.4. The highest BCUT2D eigenvalue weighted by Gasteiger charge is 2.32. The fraction of sp³-hybridized carbons (Fsp3) is 0. The second kappa shape index (κ2) is 5.96. The maximum Gasteiger partial charge on any atom is 0.357 e. The lowest BCUT2D eigenvalue weighted by molar-refractivity contribution is 0.346. The minimum Gasteiger partial charge on any atom is -0.371 e. The fourth-order valence-electron chi connectivity index (χ4n) is 2.10. The van der Waals surface area contributed by atoms with E-state index in [0.717, 1.165) is 6.20 Å². The van der Waals surface area contributed by atoms with E-state index in [0.29, 0.717) is 5.39 Å². The van der Waals surface area contributed by atoms with Gasteiger partial charge in [-0.2, -0.15) is 17.2 Å². The van der Waals surface area contributed by atoms with Crippen molar-refractivity contribution in [1.29, 1.82) is 0 Å². The molecule has 25 heavy (non-hydrogen) atoms. The van der Waals surface area contributed by atoms with Crippen molar-refractivity contribution in [3.63, 3.8) is 0 Å². The first-order valence-electron chi connectivity index (χ1n) is 6.53. The van der Waals surface area contributed by atoms with Gasteiger partial charge in [0.05, 0.1) is 0 Å². The van der Waals surface area contributed by atoms with E-state index in [1.54, 1.807) is 6.07 Å². The Morgan fingerprint density at radius 3 is 2.00 bits per heavy atom. The maximum atomic E-state index is 13.6. The number of aromatic nitrogens is 1. The zero-order valence-electron chi connectivity index (χ0n) is 11.9. The van der Waals surface area contributed by atoms with Gasteiger partial charge < -0.3 is 4.18 Å². The van der Waals surface area contributed by atoms with Crippen molar-refractivity contribution in [2.45, 2.75) is 5.03 Å². The van der Waals surface area contributed by atoms with Crippen LogP contribution in [0.3, 0.4) is 0 Å². The molecule has 0 aliphatic carbocycles. The summed E-state index contributed by atoms with van der Waals surface area (Å²) in [6.07, 6.45) is 1.09. The molecular formula is C15H6F5NO3S. The van der Waals surface area contributed by atoms with Crippen LogP contribution in [0.4, 0.5) is 22.0 Å². The lowest BCUT2D eigenvalue weighted by Gasteiger charge is -2.11. The van der Waals surface area contributed by atoms with Crippen LogP contribution in [0.1, 0.15) is 0 Å². The molecule has 3 rings (SSSR count). The topological polar surface area (TPSA) is 56.3 Å². The van der Waals surface area contributed by atoms with Gasteiger partial charge in [0.15, 0.2) is 0 Å². The molecule has 0 bridgehead atoms. The summed E-state index contributed by atoms with van der Waals surface area (Å²) in [6, 6.07) is 7.42. The van der Waals surface area contributed by atoms with Gasteiger partial charge in [-0.3, -0.25) is 0 Å². The molecule has 0 unspecified atom stereocenters. The number of pyridine rings is 1. The molecule has 0 N–H and O–H groups in total. The van der Waals surface area contributed by atoms with Gasteiger partial charge in [0, 0.05) is 11.6 Å². The number of rotatable bonds is 3. The highest BCUT2D eigenvalue weighted by atomic mass is 32.2. The highest BCUT2D eigenvalue weighted by Crippen LogP contribution is 2.32. The van der Waals surface area contributed by atoms with Crippen LogP contribution in [0, 0.1) is 29.1 Å². The van der Waals surface area contributed by atoms with E-state index in [1.165, 1.54) is 24.3 Å². The second-order valence-electron chi connectivity index (χ2n) is 4.77. The maximum absolute atomic E-state index is 13.6. The van der Waals surface area contributed by atoms with Crippen LogP contribution in [0.2, 0.25) is 0 Å². The smallest absolute Gasteiger partial charge is 0.357 e. The van der Waals surface area contributed by atoms with Gasteiger partial charge in [0.2, 0.25) is 39.9 Å². The number of benzene rings is 2. The number of halogens is 5. The summed E-state index contributed by atoms with van der Waals surface area (Å²) in [4.78, 5) is 3.58. The Morgan fingerprint density at radius 1 is 0.800 bits per heavy atom. The van der Waals surface area contributed by atoms with Crippen LogP contribution < -0.4 is 4.18 Å². The summed E-state index contributed by atoms with van der Waals surface area (Å²) >= 11 is 0. The Hall–Kier alpha value is -2.75. The molecule has 0 amide bonds. The molecule has 10 heteroatoms. The first-order chi connectivity index (χ1) is 11.7. The van der Waals surface area contributed by atoms with Crippen molar-refractivity contribution in [2.24, 2.45) is 0 Å². The number of hydrogen-bond donors (Lipinski definition) is 0. The predicted molar refractivity (Wildman–Crippen MR) is 75.8 cm³/mol. The summed E-state index contributed by atoms with van der Waals surface area (Å²) < 4.78 is 95.4. The third-order valence-corrected chi connectivity index (χ3v) is 4.42. The normalized spacial score (nSPS) is 11.7. The average molecular weight is 375 g/mol. The molecule has 1 aromatic heterocycles. The highest BCUT2D eigenvalue weighted by molar-refractivity contribution is 7.87. The quantitative estimate of drug-likeness (QED) is 0.303. The van der Waals surface area contributed by atoms with Crippen molar-refractivity contribution in [2.75, 3.05) is 0 Å². The molecular weight excluding hydrogens is 369 g/mol. The predicted octanol–water partition coefficient (Wildman–Crippen LogP) is 3.70. The van der Waals surface area contributed by atoms with Crippen molar-refractivity contribution < 1.29 is 34.6 Å². The van der Waals surface area contributed by atoms with Gasteiger partial charge in [-0.15, -0.1) is 0 Å². The van der Waals surface area contributed by atoms with Gasteiger partial charge in [-0.05, 0) is 11.5 Å². The van der Waals surface area contributed by atoms with Crippen molar-refractivity contribution in [1.82, 2.24) is 4.98 Å². The van der Waals surface area contributed by atoms with E-state index in [9.17, 15) is 30.4 Å². The molecule has 0 saturated heterocycles. The SMILES string of the molecule is O=S(=O)(Oc1c(F)c(F)c(F)c(F)c1F)c1nccc2ccccc12. The van der Waals surface area contributed by atoms with E-state index in [-0.39, 0.29) is 5.39 Å². The van der Waals surface area contributed by atoms with Crippen LogP contribution >= 0.6 is 0 Å². The first-order valence-corrected chi connectivity index (χ1v) is 7.94. The van der Waals surface area contributed by atoms with Crippen LogP contribution in [0.25, 0.3) is 10.8 Å². The summed E-state index contributed by atoms with van der Waals surface area (Å²) in [6.45, 7) is 0. The zero-order valence-corrected chi connectivity index (χ0v) is 12.8. The van der Waals surface area contributed by atoms with Crippen molar-refractivity contribution in [3.05, 3.63) is 65.6 Å². The molecule has 4 nitrogen and oxygen atoms in total. The minimum absolute atomic E-state index is 0.0499. The van der Waals surface area contributed by atoms with Crippen LogP contribution in [0.15, 0.2) is 41.6 Å². The van der Waals surface area contributed by atoms with Crippen LogP contribution in [0.5, 0.6) is 5.75 Å². The molecule has 0 saturated carbocycles. The fourth-order valence-corrected chi connectivity index (χ4v) is 3.19. The molecule has 0 radical (unpaired) electrons. The molecule has 0 spiro atoms. The standard InChI is InChI=1S/C15H6F5NO3S/c16-9-10(17)12(19)14(13(20)11(9)18)24-25(22,23)15-8-4-2-1-3-7(8)5-6-21-15/h1-6H. The third-order valence-electron chi connectivity index (χ3n) is 3.24. The molecule has 0 fully saturated rings. The van der Waals surface area contributed by atoms with E-state index >= 15 is 0 Å². The van der Waals surface area contributed by atoms with Crippen LogP contribution in [-0.4, -0.2) is 13.4 Å². The Balaban J connectivity index is 2.18. The minimum atomic E-state index is -4.98. The molecule has 2 aromatic carbocycles. The van der Waals surface area contributed by atoms with Crippen molar-refractivity contribution >= 4 is 20.9 Å². The molecule has 0 aliphatic heterocycles. The number of hydrogen-bond acceptors (Lipinski definition) is 4. The monoisotopic (exact) mass is 375 g/mol. The average Bonchev–Trinajstić information content (AvgIpc) is 2.61. The summed E-state index contributed by atoms with van der Waals surface area (Å²) in [5, 5.41) is -0.263. The van der Waals surface area contributed by atoms with E-state index in [1.807, 2.05) is 0 Å². The lowest BCUT2D eigenvalue weighted by Crippen LogP contribution is -2.16. The Morgan fingerprint density at radius 2 is 1.36 bits per heavy atom. The molecule has 0 atom stereocenters. The van der Waals surface area contributed by atoms with Crippen LogP contribution in [-0.2, 0) is 10.1 Å². The largest absolute Gasteiger partial charge is 0.371 e. The first kappa shape index (κ1) is 17.1. The second-order valence-corrected chi connectivity index (χ2v) is 6.24. The van der Waals surface area contributed by atoms with Crippen molar-refractivity contribution in [3.8, 4) is 5.75 Å². The summed E-state index contributed by atoms with van der Waals surface area (Å²) in [5.41, 5.74) is 0. The van der Waals surface area contributed by atoms with E-state index in [4.69, 9.17) is 0 Å². The molecule has 0 aliphatic rings. The Kier molecular flexibility index (Phi) is 4.07. The third kappa shape index (κ3) is 2.78. The molecule has 3 aromatic rings. The summed E-state index contributed by atoms with van der Waals surface area (Å²) in [5.74, 6) is -13.8. The van der Waals surface area contributed by atoms with Gasteiger partial charge in [-0.1, -0.05) is 24.3 Å². The van der Waals surface area contributed by atoms with Gasteiger partial charge in [0.25, 0.3) is 0 Å². The molecule has 130 valence electrons. The Bertz CT molecular complexity index is 1070. The van der Waals surface area contributed by atoms with Gasteiger partial charge in [0.1, 0.15) is 0 Å². The number of fused-ring (bicyclic) bond motifs is 1. The van der Waals surface area contributed by atoms with Gasteiger partial charge in [-0.25, -0.2) is 18.2 Å². The Labute approximate surface area is 137 Å². The summed E-state index contributed by atoms with van der Waals surface area (Å²) in [7, 11) is -4.98. The van der Waals surface area contributed by atoms with Gasteiger partial charge >= 0.3 is 10.1 Å². The number of nitrogens with zero attached hydrogens (tertiary/aromatic N) is 1. The lowest BCUT2D eigenvalue weighted by atomic mass is 10.2. The van der Waals surface area contributed by atoms with E-state index < -0.39 is 50.0 Å². The molecule has 1 heterocycles.